The molecule has 1 amide bonds. The third-order valence-electron chi connectivity index (χ3n) is 3.68. The number of hydrogen-bond acceptors (Lipinski definition) is 4. The van der Waals surface area contributed by atoms with Gasteiger partial charge in [-0.15, -0.1) is 0 Å². The standard InChI is InChI=1S/C15H22N2O4S/c1-21-12-6-10-16-15(18)14-9-5-11-17(14)22(19,20)13-7-3-2-4-8-13/h2-4,7-8,14H,5-6,9-12H2,1H3,(H,16,18). The molecular formula is C15H22N2O4S. The minimum absolute atomic E-state index is 0.229. The van der Waals surface area contributed by atoms with Crippen molar-refractivity contribution in [2.45, 2.75) is 30.2 Å². The van der Waals surface area contributed by atoms with Crippen LogP contribution in [0.5, 0.6) is 0 Å². The smallest absolute Gasteiger partial charge is 0.243 e. The molecule has 2 rings (SSSR count). The minimum atomic E-state index is -3.62. The first-order valence-electron chi connectivity index (χ1n) is 7.41. The van der Waals surface area contributed by atoms with Gasteiger partial charge in [0.05, 0.1) is 4.90 Å². The van der Waals surface area contributed by atoms with Crippen LogP contribution in [0.4, 0.5) is 0 Å². The molecule has 1 aliphatic heterocycles. The summed E-state index contributed by atoms with van der Waals surface area (Å²) in [5, 5.41) is 2.79. The van der Waals surface area contributed by atoms with Crippen LogP contribution in [0.3, 0.4) is 0 Å². The van der Waals surface area contributed by atoms with Crippen LogP contribution < -0.4 is 5.32 Å². The average molecular weight is 326 g/mol. The second-order valence-electron chi connectivity index (χ2n) is 5.22. The molecule has 0 spiro atoms. The Labute approximate surface area is 131 Å². The van der Waals surface area contributed by atoms with Gasteiger partial charge in [-0.2, -0.15) is 4.31 Å². The zero-order valence-corrected chi connectivity index (χ0v) is 13.5. The van der Waals surface area contributed by atoms with Crippen LogP contribution in [-0.4, -0.2) is 51.5 Å². The predicted octanol–water partition coefficient (Wildman–Crippen LogP) is 0.992. The minimum Gasteiger partial charge on any atom is -0.385 e. The monoisotopic (exact) mass is 326 g/mol. The van der Waals surface area contributed by atoms with Gasteiger partial charge in [-0.1, -0.05) is 18.2 Å². The second kappa shape index (κ2) is 7.71. The van der Waals surface area contributed by atoms with E-state index in [0.717, 1.165) is 0 Å². The second-order valence-corrected chi connectivity index (χ2v) is 7.11. The van der Waals surface area contributed by atoms with E-state index in [1.807, 2.05) is 0 Å². The van der Waals surface area contributed by atoms with E-state index in [1.165, 1.54) is 4.31 Å². The molecule has 22 heavy (non-hydrogen) atoms. The number of amides is 1. The largest absolute Gasteiger partial charge is 0.385 e. The van der Waals surface area contributed by atoms with Gasteiger partial charge >= 0.3 is 0 Å². The highest BCUT2D eigenvalue weighted by atomic mass is 32.2. The van der Waals surface area contributed by atoms with Crippen molar-refractivity contribution < 1.29 is 17.9 Å². The molecule has 122 valence electrons. The Morgan fingerprint density at radius 3 is 2.77 bits per heavy atom. The van der Waals surface area contributed by atoms with E-state index in [4.69, 9.17) is 4.74 Å². The lowest BCUT2D eigenvalue weighted by Crippen LogP contribution is -2.46. The molecule has 0 radical (unpaired) electrons. The van der Waals surface area contributed by atoms with Gasteiger partial charge in [0.2, 0.25) is 15.9 Å². The van der Waals surface area contributed by atoms with Crippen molar-refractivity contribution in [2.24, 2.45) is 0 Å². The first kappa shape index (κ1) is 16.9. The summed E-state index contributed by atoms with van der Waals surface area (Å²) in [6.07, 6.45) is 1.96. The highest BCUT2D eigenvalue weighted by molar-refractivity contribution is 7.89. The van der Waals surface area contributed by atoms with E-state index in [1.54, 1.807) is 37.4 Å². The number of hydrogen-bond donors (Lipinski definition) is 1. The van der Waals surface area contributed by atoms with E-state index in [2.05, 4.69) is 5.32 Å². The number of sulfonamides is 1. The third-order valence-corrected chi connectivity index (χ3v) is 5.60. The zero-order valence-electron chi connectivity index (χ0n) is 12.7. The van der Waals surface area contributed by atoms with E-state index in [-0.39, 0.29) is 10.8 Å². The topological polar surface area (TPSA) is 75.7 Å². The normalized spacial score (nSPS) is 19.2. The Hall–Kier alpha value is -1.44. The first-order chi connectivity index (χ1) is 10.6. The van der Waals surface area contributed by atoms with Crippen LogP contribution in [0.2, 0.25) is 0 Å². The van der Waals surface area contributed by atoms with Crippen molar-refractivity contribution in [3.05, 3.63) is 30.3 Å². The number of methoxy groups -OCH3 is 1. The summed E-state index contributed by atoms with van der Waals surface area (Å²) < 4.78 is 31.5. The van der Waals surface area contributed by atoms with Gasteiger partial charge in [0, 0.05) is 26.8 Å². The van der Waals surface area contributed by atoms with Crippen molar-refractivity contribution >= 4 is 15.9 Å². The lowest BCUT2D eigenvalue weighted by atomic mass is 10.2. The summed E-state index contributed by atoms with van der Waals surface area (Å²) in [4.78, 5) is 12.5. The van der Waals surface area contributed by atoms with Gasteiger partial charge in [0.15, 0.2) is 0 Å². The molecule has 1 saturated heterocycles. The maximum atomic E-state index is 12.7. The van der Waals surface area contributed by atoms with Gasteiger partial charge in [-0.3, -0.25) is 4.79 Å². The van der Waals surface area contributed by atoms with Crippen molar-refractivity contribution in [2.75, 3.05) is 26.8 Å². The Kier molecular flexibility index (Phi) is 5.93. The molecule has 1 unspecified atom stereocenters. The summed E-state index contributed by atoms with van der Waals surface area (Å²) in [6.45, 7) is 1.44. The zero-order chi connectivity index (χ0) is 16.0. The summed E-state index contributed by atoms with van der Waals surface area (Å²) in [5.41, 5.74) is 0. The van der Waals surface area contributed by atoms with Gasteiger partial charge in [-0.05, 0) is 31.4 Å². The maximum Gasteiger partial charge on any atom is 0.243 e. The van der Waals surface area contributed by atoms with Crippen LogP contribution in [0.1, 0.15) is 19.3 Å². The molecule has 0 bridgehead atoms. The van der Waals surface area contributed by atoms with Crippen molar-refractivity contribution in [3.8, 4) is 0 Å². The summed E-state index contributed by atoms with van der Waals surface area (Å²) in [7, 11) is -2.02. The molecular weight excluding hydrogens is 304 g/mol. The van der Waals surface area contributed by atoms with Crippen LogP contribution >= 0.6 is 0 Å². The number of carbonyl (C=O) groups is 1. The van der Waals surface area contributed by atoms with Crippen molar-refractivity contribution in [1.29, 1.82) is 0 Å². The van der Waals surface area contributed by atoms with Gasteiger partial charge in [0.25, 0.3) is 0 Å². The Bertz CT molecular complexity index is 589. The fraction of sp³-hybridized carbons (Fsp3) is 0.533. The Morgan fingerprint density at radius 1 is 1.36 bits per heavy atom. The third kappa shape index (κ3) is 3.85. The molecule has 1 atom stereocenters. The van der Waals surface area contributed by atoms with Crippen LogP contribution in [-0.2, 0) is 19.6 Å². The number of benzene rings is 1. The molecule has 1 aromatic rings. The molecule has 1 aromatic carbocycles. The highest BCUT2D eigenvalue weighted by Gasteiger charge is 2.39. The number of carbonyl (C=O) groups excluding carboxylic acids is 1. The first-order valence-corrected chi connectivity index (χ1v) is 8.85. The van der Waals surface area contributed by atoms with Crippen molar-refractivity contribution in [3.63, 3.8) is 0 Å². The molecule has 0 aromatic heterocycles. The lowest BCUT2D eigenvalue weighted by molar-refractivity contribution is -0.124. The van der Waals surface area contributed by atoms with Crippen LogP contribution in [0.15, 0.2) is 35.2 Å². The lowest BCUT2D eigenvalue weighted by Gasteiger charge is -2.23. The van der Waals surface area contributed by atoms with Crippen LogP contribution in [0.25, 0.3) is 0 Å². The van der Waals surface area contributed by atoms with Crippen molar-refractivity contribution in [1.82, 2.24) is 9.62 Å². The highest BCUT2D eigenvalue weighted by Crippen LogP contribution is 2.26. The van der Waals surface area contributed by atoms with Crippen LogP contribution in [0, 0.1) is 0 Å². The molecule has 1 aliphatic rings. The quantitative estimate of drug-likeness (QED) is 0.758. The average Bonchev–Trinajstić information content (AvgIpc) is 3.03. The number of nitrogens with one attached hydrogen (secondary N) is 1. The summed E-state index contributed by atoms with van der Waals surface area (Å²) in [6, 6.07) is 7.63. The summed E-state index contributed by atoms with van der Waals surface area (Å²) in [5.74, 6) is -0.229. The van der Waals surface area contributed by atoms with Gasteiger partial charge in [-0.25, -0.2) is 8.42 Å². The molecule has 7 heteroatoms. The van der Waals surface area contributed by atoms with E-state index in [0.29, 0.717) is 39.0 Å². The number of nitrogens with zero attached hydrogens (tertiary/aromatic N) is 1. The van der Waals surface area contributed by atoms with Gasteiger partial charge in [0.1, 0.15) is 6.04 Å². The number of ether oxygens (including phenoxy) is 1. The van der Waals surface area contributed by atoms with E-state index < -0.39 is 16.1 Å². The molecule has 1 heterocycles. The molecule has 6 nitrogen and oxygen atoms in total. The Morgan fingerprint density at radius 2 is 2.09 bits per heavy atom. The Balaban J connectivity index is 2.05. The SMILES string of the molecule is COCCCNC(=O)C1CCCN1S(=O)(=O)c1ccccc1. The van der Waals surface area contributed by atoms with Gasteiger partial charge < -0.3 is 10.1 Å². The molecule has 0 saturated carbocycles. The summed E-state index contributed by atoms with van der Waals surface area (Å²) >= 11 is 0. The fourth-order valence-electron chi connectivity index (χ4n) is 2.56. The number of rotatable bonds is 7. The molecule has 1 N–H and O–H groups in total. The maximum absolute atomic E-state index is 12.7. The predicted molar refractivity (Wildman–Crippen MR) is 82.9 cm³/mol. The molecule has 1 fully saturated rings. The van der Waals surface area contributed by atoms with E-state index >= 15 is 0 Å². The van der Waals surface area contributed by atoms with E-state index in [9.17, 15) is 13.2 Å². The molecule has 0 aliphatic carbocycles. The fourth-order valence-corrected chi connectivity index (χ4v) is 4.24.